The molecule has 0 radical (unpaired) electrons. The maximum absolute atomic E-state index is 10.5. The van der Waals surface area contributed by atoms with Gasteiger partial charge in [-0.3, -0.25) is 0 Å². The van der Waals surface area contributed by atoms with Crippen molar-refractivity contribution in [2.45, 2.75) is 0 Å². The molecule has 7 heteroatoms. The van der Waals surface area contributed by atoms with E-state index in [9.17, 15) is 4.11 Å². The second-order valence-corrected chi connectivity index (χ2v) is 1.66. The Morgan fingerprint density at radius 2 is 1.00 bits per heavy atom. The van der Waals surface area contributed by atoms with Crippen molar-refractivity contribution in [1.29, 1.82) is 0 Å². The zero-order chi connectivity index (χ0) is 8.50. The average Bonchev–Trinajstić information content (AvgIpc) is 1.72. The molecule has 0 bridgehead atoms. The SMILES string of the molecule is CN.CN.O[Si](O)(O)F. The highest BCUT2D eigenvalue weighted by Gasteiger charge is 2.26. The summed E-state index contributed by atoms with van der Waals surface area (Å²) in [6.45, 7) is 0. The molecule has 0 heterocycles. The molecule has 0 amide bonds. The van der Waals surface area contributed by atoms with Gasteiger partial charge in [-0.25, -0.2) is 4.11 Å². The average molecular weight is 160 g/mol. The van der Waals surface area contributed by atoms with Crippen molar-refractivity contribution in [3.8, 4) is 0 Å². The van der Waals surface area contributed by atoms with Crippen LogP contribution in [0, 0.1) is 0 Å². The van der Waals surface area contributed by atoms with E-state index < -0.39 is 9.14 Å². The van der Waals surface area contributed by atoms with Crippen molar-refractivity contribution in [2.24, 2.45) is 11.5 Å². The largest absolute Gasteiger partial charge is 0.711 e. The molecule has 0 aliphatic heterocycles. The molecule has 60 valence electrons. The normalized spacial score (nSPS) is 8.00. The number of hydrogen-bond donors (Lipinski definition) is 5. The Labute approximate surface area is 54.3 Å². The van der Waals surface area contributed by atoms with Crippen LogP contribution >= 0.6 is 0 Å². The first-order valence-electron chi connectivity index (χ1n) is 2.01. The predicted molar refractivity (Wildman–Crippen MR) is 33.7 cm³/mol. The molecule has 0 atom stereocenters. The lowest BCUT2D eigenvalue weighted by Crippen LogP contribution is -2.27. The van der Waals surface area contributed by atoms with E-state index in [-0.39, 0.29) is 0 Å². The second kappa shape index (κ2) is 10.8. The summed E-state index contributed by atoms with van der Waals surface area (Å²) < 4.78 is 10.5. The van der Waals surface area contributed by atoms with E-state index in [1.807, 2.05) is 0 Å². The Morgan fingerprint density at radius 1 is 1.00 bits per heavy atom. The minimum atomic E-state index is -5.11. The highest BCUT2D eigenvalue weighted by Crippen LogP contribution is 1.79. The van der Waals surface area contributed by atoms with Gasteiger partial charge in [-0.2, -0.15) is 0 Å². The molecule has 0 spiro atoms. The van der Waals surface area contributed by atoms with Gasteiger partial charge in [-0.15, -0.1) is 0 Å². The first-order valence-corrected chi connectivity index (χ1v) is 3.73. The number of halogens is 1. The Bertz CT molecular complexity index is 35.3. The molecule has 0 rings (SSSR count). The lowest BCUT2D eigenvalue weighted by Gasteiger charge is -1.87. The highest BCUT2D eigenvalue weighted by atomic mass is 28.4. The molecule has 0 saturated carbocycles. The summed E-state index contributed by atoms with van der Waals surface area (Å²) in [7, 11) is -2.11. The molecule has 0 aromatic heterocycles. The fourth-order valence-electron chi connectivity index (χ4n) is 0. The van der Waals surface area contributed by atoms with E-state index in [0.29, 0.717) is 0 Å². The third kappa shape index (κ3) is 99600. The predicted octanol–water partition coefficient (Wildman–Crippen LogP) is -2.48. The van der Waals surface area contributed by atoms with Gasteiger partial charge in [-0.05, 0) is 14.1 Å². The van der Waals surface area contributed by atoms with Crippen LogP contribution < -0.4 is 11.5 Å². The smallest absolute Gasteiger partial charge is 0.365 e. The van der Waals surface area contributed by atoms with E-state index in [1.165, 1.54) is 14.1 Å². The van der Waals surface area contributed by atoms with Crippen molar-refractivity contribution >= 4 is 9.14 Å². The van der Waals surface area contributed by atoms with Crippen molar-refractivity contribution in [3.05, 3.63) is 0 Å². The van der Waals surface area contributed by atoms with Crippen molar-refractivity contribution in [2.75, 3.05) is 14.1 Å². The van der Waals surface area contributed by atoms with Crippen LogP contribution in [0.25, 0.3) is 0 Å². The van der Waals surface area contributed by atoms with Crippen LogP contribution in [0.15, 0.2) is 0 Å². The molecule has 7 N–H and O–H groups in total. The monoisotopic (exact) mass is 160 g/mol. The molecule has 0 aliphatic carbocycles. The highest BCUT2D eigenvalue weighted by molar-refractivity contribution is 6.47. The molecule has 5 nitrogen and oxygen atoms in total. The van der Waals surface area contributed by atoms with Gasteiger partial charge < -0.3 is 25.9 Å². The van der Waals surface area contributed by atoms with Gasteiger partial charge in [0.1, 0.15) is 0 Å². The summed E-state index contributed by atoms with van der Waals surface area (Å²) in [6.07, 6.45) is 0. The minimum Gasteiger partial charge on any atom is -0.365 e. The van der Waals surface area contributed by atoms with Gasteiger partial charge >= 0.3 is 9.14 Å². The Hall–Kier alpha value is -0.0531. The molecule has 0 aliphatic rings. The number of hydrogen-bond acceptors (Lipinski definition) is 5. The van der Waals surface area contributed by atoms with Crippen LogP contribution in [-0.4, -0.2) is 37.6 Å². The van der Waals surface area contributed by atoms with E-state index in [0.717, 1.165) is 0 Å². The fraction of sp³-hybridized carbons (Fsp3) is 1.00. The maximum Gasteiger partial charge on any atom is 0.711 e. The molecule has 0 saturated heterocycles. The van der Waals surface area contributed by atoms with Crippen molar-refractivity contribution in [1.82, 2.24) is 0 Å². The fourth-order valence-corrected chi connectivity index (χ4v) is 0. The minimum absolute atomic E-state index is 1.50. The summed E-state index contributed by atoms with van der Waals surface area (Å²) in [5.41, 5.74) is 9.00. The molecular weight excluding hydrogens is 147 g/mol. The first-order chi connectivity index (χ1) is 4.00. The van der Waals surface area contributed by atoms with Gasteiger partial charge in [0, 0.05) is 0 Å². The summed E-state index contributed by atoms with van der Waals surface area (Å²) in [4.78, 5) is 21.3. The van der Waals surface area contributed by atoms with Crippen molar-refractivity contribution in [3.63, 3.8) is 0 Å². The van der Waals surface area contributed by atoms with Crippen LogP contribution in [0.3, 0.4) is 0 Å². The zero-order valence-electron chi connectivity index (χ0n) is 5.37. The molecular formula is C2H13FN2O3Si. The summed E-state index contributed by atoms with van der Waals surface area (Å²) in [5.74, 6) is 0. The van der Waals surface area contributed by atoms with Gasteiger partial charge in [0.25, 0.3) is 0 Å². The second-order valence-electron chi connectivity index (χ2n) is 0.554. The van der Waals surface area contributed by atoms with Crippen molar-refractivity contribution < 1.29 is 18.5 Å². The molecule has 0 aromatic carbocycles. The van der Waals surface area contributed by atoms with Gasteiger partial charge in [-0.1, -0.05) is 0 Å². The number of nitrogens with two attached hydrogens (primary N) is 2. The standard InChI is InChI=1S/2CH5N.FH3O3Si/c2*1-2;1-5(2,3)4/h2*2H2,1H3;2-4H. The van der Waals surface area contributed by atoms with Crippen LogP contribution in [0.5, 0.6) is 0 Å². The summed E-state index contributed by atoms with van der Waals surface area (Å²) >= 11 is 0. The topological polar surface area (TPSA) is 113 Å². The van der Waals surface area contributed by atoms with Gasteiger partial charge in [0.15, 0.2) is 0 Å². The van der Waals surface area contributed by atoms with Gasteiger partial charge in [0.2, 0.25) is 0 Å². The summed E-state index contributed by atoms with van der Waals surface area (Å²) in [6, 6.07) is 0. The van der Waals surface area contributed by atoms with E-state index in [1.54, 1.807) is 0 Å². The Balaban J connectivity index is -0.0000000771. The Kier molecular flexibility index (Phi) is 19.3. The molecule has 0 aromatic rings. The zero-order valence-corrected chi connectivity index (χ0v) is 6.37. The first kappa shape index (κ1) is 16.0. The molecule has 9 heavy (non-hydrogen) atoms. The van der Waals surface area contributed by atoms with Crippen LogP contribution in [0.2, 0.25) is 0 Å². The third-order valence-corrected chi connectivity index (χ3v) is 0. The van der Waals surface area contributed by atoms with E-state index in [2.05, 4.69) is 11.5 Å². The van der Waals surface area contributed by atoms with E-state index >= 15 is 0 Å². The molecule has 0 fully saturated rings. The lowest BCUT2D eigenvalue weighted by molar-refractivity contribution is 0.165. The van der Waals surface area contributed by atoms with Crippen LogP contribution in [-0.2, 0) is 0 Å². The van der Waals surface area contributed by atoms with Gasteiger partial charge in [0.05, 0.1) is 0 Å². The van der Waals surface area contributed by atoms with Crippen LogP contribution in [0.1, 0.15) is 0 Å². The summed E-state index contributed by atoms with van der Waals surface area (Å²) in [5, 5.41) is 0. The quantitative estimate of drug-likeness (QED) is 0.199. The van der Waals surface area contributed by atoms with Crippen LogP contribution in [0.4, 0.5) is 4.11 Å². The third-order valence-electron chi connectivity index (χ3n) is 0. The maximum atomic E-state index is 10.5. The van der Waals surface area contributed by atoms with E-state index in [4.69, 9.17) is 14.4 Å². The molecule has 0 unspecified atom stereocenters. The number of rotatable bonds is 0. The lowest BCUT2D eigenvalue weighted by atomic mass is 11.6. The Morgan fingerprint density at radius 3 is 1.00 bits per heavy atom.